The molecule has 0 spiro atoms. The van der Waals surface area contributed by atoms with Gasteiger partial charge in [-0.25, -0.2) is 4.79 Å². The van der Waals surface area contributed by atoms with Crippen molar-refractivity contribution in [2.45, 2.75) is 13.3 Å². The largest absolute Gasteiger partial charge is 0.462 e. The molecule has 0 aliphatic heterocycles. The van der Waals surface area contributed by atoms with Crippen LogP contribution in [-0.2, 0) is 16.0 Å². The third kappa shape index (κ3) is 2.51. The van der Waals surface area contributed by atoms with Gasteiger partial charge in [-0.2, -0.15) is 5.26 Å². The summed E-state index contributed by atoms with van der Waals surface area (Å²) in [6.45, 7) is 1.85. The van der Waals surface area contributed by atoms with Gasteiger partial charge < -0.3 is 9.72 Å². The van der Waals surface area contributed by atoms with E-state index < -0.39 is 11.8 Å². The van der Waals surface area contributed by atoms with Crippen LogP contribution in [0.4, 0.5) is 0 Å². The maximum Gasteiger partial charge on any atom is 0.342 e. The Morgan fingerprint density at radius 2 is 2.21 bits per heavy atom. The Morgan fingerprint density at radius 1 is 1.42 bits per heavy atom. The number of allylic oxidation sites excluding steroid dienone is 1. The Morgan fingerprint density at radius 3 is 2.83 bits per heavy atom. The van der Waals surface area contributed by atoms with Crippen LogP contribution in [0.1, 0.15) is 34.1 Å². The fraction of sp³-hybridized carbons (Fsp3) is 0.167. The number of H-pyrrole nitrogens is 1. The normalized spacial score (nSPS) is 13.5. The Hall–Kier alpha value is -2.84. The first kappa shape index (κ1) is 16.0. The number of aromatic nitrogens is 1. The lowest BCUT2D eigenvalue weighted by Crippen LogP contribution is -2.24. The minimum atomic E-state index is -0.661. The molecule has 1 N–H and O–H groups in total. The van der Waals surface area contributed by atoms with Crippen molar-refractivity contribution >= 4 is 28.9 Å². The number of hydrogen-bond donors (Lipinski definition) is 1. The first-order valence-electron chi connectivity index (χ1n) is 7.38. The summed E-state index contributed by atoms with van der Waals surface area (Å²) in [5.41, 5.74) is 2.25. The maximum atomic E-state index is 12.9. The zero-order valence-corrected chi connectivity index (χ0v) is 13.6. The Balaban J connectivity index is 2.24. The third-order valence-corrected chi connectivity index (χ3v) is 4.22. The van der Waals surface area contributed by atoms with Crippen molar-refractivity contribution in [1.29, 1.82) is 5.26 Å². The number of aromatic amines is 1. The average Bonchev–Trinajstić information content (AvgIpc) is 3.09. The fourth-order valence-corrected chi connectivity index (χ4v) is 3.06. The molecule has 0 radical (unpaired) electrons. The first-order chi connectivity index (χ1) is 11.6. The molecule has 3 rings (SSSR count). The van der Waals surface area contributed by atoms with E-state index in [2.05, 4.69) is 4.98 Å². The standard InChI is InChI=1S/C18H13ClN2O3/c1-2-24-18(23)16-12(15-4-3-7-21-15)8-11-10(17(16)22)5-6-14(19)13(11)9-20/h3-7,21H,2,8H2,1H3. The first-order valence-corrected chi connectivity index (χ1v) is 7.76. The van der Waals surface area contributed by atoms with Gasteiger partial charge in [0.15, 0.2) is 0 Å². The van der Waals surface area contributed by atoms with Crippen LogP contribution in [0.15, 0.2) is 36.0 Å². The van der Waals surface area contributed by atoms with Crippen LogP contribution >= 0.6 is 11.6 Å². The smallest absolute Gasteiger partial charge is 0.342 e. The number of benzene rings is 1. The number of fused-ring (bicyclic) bond motifs is 1. The quantitative estimate of drug-likeness (QED) is 0.686. The highest BCUT2D eigenvalue weighted by molar-refractivity contribution is 6.33. The van der Waals surface area contributed by atoms with Crippen molar-refractivity contribution in [2.24, 2.45) is 0 Å². The third-order valence-electron chi connectivity index (χ3n) is 3.90. The molecule has 0 fully saturated rings. The number of carbonyl (C=O) groups is 2. The molecule has 0 bridgehead atoms. The van der Waals surface area contributed by atoms with Crippen molar-refractivity contribution in [3.8, 4) is 6.07 Å². The lowest BCUT2D eigenvalue weighted by Gasteiger charge is -2.22. The van der Waals surface area contributed by atoms with Crippen molar-refractivity contribution in [2.75, 3.05) is 6.61 Å². The molecular weight excluding hydrogens is 328 g/mol. The molecule has 0 saturated heterocycles. The van der Waals surface area contributed by atoms with E-state index in [9.17, 15) is 14.9 Å². The van der Waals surface area contributed by atoms with Gasteiger partial charge in [0.1, 0.15) is 11.6 Å². The van der Waals surface area contributed by atoms with Gasteiger partial charge in [-0.1, -0.05) is 11.6 Å². The molecular formula is C18H13ClN2O3. The summed E-state index contributed by atoms with van der Waals surface area (Å²) in [5, 5.41) is 9.66. The number of ketones is 1. The van der Waals surface area contributed by atoms with Crippen molar-refractivity contribution in [1.82, 2.24) is 4.98 Å². The Labute approximate surface area is 143 Å². The van der Waals surface area contributed by atoms with Gasteiger partial charge >= 0.3 is 5.97 Å². The summed E-state index contributed by atoms with van der Waals surface area (Å²) >= 11 is 6.08. The molecule has 24 heavy (non-hydrogen) atoms. The maximum absolute atomic E-state index is 12.9. The molecule has 0 amide bonds. The summed E-state index contributed by atoms with van der Waals surface area (Å²) in [6.07, 6.45) is 1.95. The second kappa shape index (κ2) is 6.34. The van der Waals surface area contributed by atoms with Gasteiger partial charge in [0.2, 0.25) is 5.78 Å². The van der Waals surface area contributed by atoms with Crippen molar-refractivity contribution in [3.63, 3.8) is 0 Å². The lowest BCUT2D eigenvalue weighted by atomic mass is 9.81. The van der Waals surface area contributed by atoms with E-state index in [1.807, 2.05) is 6.07 Å². The van der Waals surface area contributed by atoms with Gasteiger partial charge in [-0.15, -0.1) is 0 Å². The summed E-state index contributed by atoms with van der Waals surface area (Å²) in [5.74, 6) is -1.11. The Kier molecular flexibility index (Phi) is 4.24. The number of nitriles is 1. The zero-order chi connectivity index (χ0) is 17.3. The Bertz CT molecular complexity index is 905. The van der Waals surface area contributed by atoms with Crippen LogP contribution in [0, 0.1) is 11.3 Å². The summed E-state index contributed by atoms with van der Waals surface area (Å²) in [4.78, 5) is 28.2. The minimum absolute atomic E-state index is 0.00184. The second-order valence-electron chi connectivity index (χ2n) is 5.22. The number of nitrogens with zero attached hydrogens (tertiary/aromatic N) is 1. The molecule has 0 saturated carbocycles. The molecule has 2 aromatic rings. The minimum Gasteiger partial charge on any atom is -0.462 e. The number of esters is 1. The van der Waals surface area contributed by atoms with Crippen molar-refractivity contribution in [3.05, 3.63) is 63.4 Å². The molecule has 1 aromatic carbocycles. The van der Waals surface area contributed by atoms with Gasteiger partial charge in [-0.05, 0) is 42.3 Å². The van der Waals surface area contributed by atoms with Gasteiger partial charge in [-0.3, -0.25) is 4.79 Å². The zero-order valence-electron chi connectivity index (χ0n) is 12.9. The molecule has 1 aromatic heterocycles. The molecule has 6 heteroatoms. The van der Waals surface area contributed by atoms with E-state index in [-0.39, 0.29) is 29.2 Å². The monoisotopic (exact) mass is 340 g/mol. The van der Waals surface area contributed by atoms with Crippen LogP contribution < -0.4 is 0 Å². The number of halogens is 1. The van der Waals surface area contributed by atoms with E-state index >= 15 is 0 Å². The summed E-state index contributed by atoms with van der Waals surface area (Å²) < 4.78 is 5.05. The number of hydrogen-bond acceptors (Lipinski definition) is 4. The molecule has 120 valence electrons. The molecule has 0 unspecified atom stereocenters. The SMILES string of the molecule is CCOC(=O)C1=C(c2ccc[nH]2)Cc2c(ccc(Cl)c2C#N)C1=O. The van der Waals surface area contributed by atoms with E-state index in [0.717, 1.165) is 0 Å². The van der Waals surface area contributed by atoms with E-state index in [4.69, 9.17) is 16.3 Å². The van der Waals surface area contributed by atoms with Crippen LogP contribution in [0.2, 0.25) is 5.02 Å². The van der Waals surface area contributed by atoms with Gasteiger partial charge in [0.05, 0.1) is 17.2 Å². The summed E-state index contributed by atoms with van der Waals surface area (Å²) in [7, 11) is 0. The summed E-state index contributed by atoms with van der Waals surface area (Å²) in [6, 6.07) is 8.63. The number of ether oxygens (including phenoxy) is 1. The lowest BCUT2D eigenvalue weighted by molar-refractivity contribution is -0.138. The predicted molar refractivity (Wildman–Crippen MR) is 88.5 cm³/mol. The number of Topliss-reactive ketones (excluding diaryl/α,β-unsaturated/α-hetero) is 1. The average molecular weight is 341 g/mol. The molecule has 0 atom stereocenters. The van der Waals surface area contributed by atoms with Crippen LogP contribution in [-0.4, -0.2) is 23.3 Å². The predicted octanol–water partition coefficient (Wildman–Crippen LogP) is 3.30. The molecule has 1 heterocycles. The van der Waals surface area contributed by atoms with Gasteiger partial charge in [0, 0.05) is 23.9 Å². The van der Waals surface area contributed by atoms with Crippen LogP contribution in [0.25, 0.3) is 5.57 Å². The number of nitrogens with one attached hydrogen (secondary N) is 1. The van der Waals surface area contributed by atoms with Crippen molar-refractivity contribution < 1.29 is 14.3 Å². The van der Waals surface area contributed by atoms with Gasteiger partial charge in [0.25, 0.3) is 0 Å². The second-order valence-corrected chi connectivity index (χ2v) is 5.63. The highest BCUT2D eigenvalue weighted by atomic mass is 35.5. The van der Waals surface area contributed by atoms with E-state index in [1.54, 1.807) is 31.3 Å². The van der Waals surface area contributed by atoms with E-state index in [0.29, 0.717) is 22.4 Å². The fourth-order valence-electron chi connectivity index (χ4n) is 2.84. The molecule has 1 aliphatic carbocycles. The number of rotatable bonds is 3. The molecule has 1 aliphatic rings. The number of carbonyl (C=O) groups excluding carboxylic acids is 2. The van der Waals surface area contributed by atoms with Crippen LogP contribution in [0.5, 0.6) is 0 Å². The highest BCUT2D eigenvalue weighted by Crippen LogP contribution is 2.36. The highest BCUT2D eigenvalue weighted by Gasteiger charge is 2.34. The topological polar surface area (TPSA) is 82.9 Å². The van der Waals surface area contributed by atoms with E-state index in [1.165, 1.54) is 6.07 Å². The van der Waals surface area contributed by atoms with Crippen LogP contribution in [0.3, 0.4) is 0 Å². The molecule has 5 nitrogen and oxygen atoms in total.